The Morgan fingerprint density at radius 2 is 2.00 bits per heavy atom. The summed E-state index contributed by atoms with van der Waals surface area (Å²) in [5, 5.41) is 2.81. The zero-order chi connectivity index (χ0) is 15.4. The molecule has 2 atom stereocenters. The topological polar surface area (TPSA) is 84.7 Å². The van der Waals surface area contributed by atoms with Gasteiger partial charge in [0.2, 0.25) is 5.91 Å². The Morgan fingerprint density at radius 1 is 1.45 bits per heavy atom. The number of hydrogen-bond donors (Lipinski definition) is 2. The fraction of sp³-hybridized carbons (Fsp3) is 0.667. The number of hydrogen-bond acceptors (Lipinski definition) is 4. The van der Waals surface area contributed by atoms with E-state index in [2.05, 4.69) is 18.4 Å². The number of carbonyl (C=O) groups is 2. The van der Waals surface area contributed by atoms with Crippen LogP contribution in [-0.4, -0.2) is 55.4 Å². The van der Waals surface area contributed by atoms with Gasteiger partial charge >= 0.3 is 0 Å². The molecule has 1 fully saturated rings. The lowest BCUT2D eigenvalue weighted by molar-refractivity contribution is -0.122. The van der Waals surface area contributed by atoms with Gasteiger partial charge in [0.1, 0.15) is 16.2 Å². The summed E-state index contributed by atoms with van der Waals surface area (Å²) in [7, 11) is 0.347. The van der Waals surface area contributed by atoms with Gasteiger partial charge in [-0.2, -0.15) is 0 Å². The van der Waals surface area contributed by atoms with Crippen molar-refractivity contribution in [3.8, 4) is 0 Å². The first-order valence-electron chi connectivity index (χ1n) is 6.90. The summed E-state index contributed by atoms with van der Waals surface area (Å²) in [5.41, 5.74) is 6.24. The van der Waals surface area contributed by atoms with Gasteiger partial charge in [0.15, 0.2) is 9.04 Å². The first kappa shape index (κ1) is 16.9. The van der Waals surface area contributed by atoms with Gasteiger partial charge in [0.25, 0.3) is 5.91 Å². The summed E-state index contributed by atoms with van der Waals surface area (Å²) in [4.78, 5) is 24.9. The zero-order valence-corrected chi connectivity index (χ0v) is 16.1. The third-order valence-corrected chi connectivity index (χ3v) is 7.15. The normalized spacial score (nSPS) is 25.2. The third kappa shape index (κ3) is 3.93. The molecule has 0 saturated carbocycles. The number of carbonyl (C=O) groups excluding carboxylic acids is 2. The smallest absolute Gasteiger partial charge is 0.268 e. The molecule has 0 bridgehead atoms. The monoisotopic (exact) mass is 315 g/mol. The second-order valence-corrected chi connectivity index (χ2v) is 9.57. The molecule has 2 unspecified atom stereocenters. The minimum absolute atomic E-state index is 0.0496. The highest BCUT2D eigenvalue weighted by Crippen LogP contribution is 2.30. The highest BCUT2D eigenvalue weighted by Gasteiger charge is 2.39. The lowest BCUT2D eigenvalue weighted by atomic mass is 10.0. The van der Waals surface area contributed by atoms with Crippen molar-refractivity contribution in [2.75, 3.05) is 13.1 Å². The van der Waals surface area contributed by atoms with E-state index >= 15 is 0 Å². The molecular formula is C12H25N3O3Si2. The van der Waals surface area contributed by atoms with E-state index in [4.69, 9.17) is 9.85 Å². The summed E-state index contributed by atoms with van der Waals surface area (Å²) in [6, 6.07) is 0.126. The van der Waals surface area contributed by atoms with Crippen LogP contribution in [0.5, 0.6) is 0 Å². The minimum atomic E-state index is -0.588. The summed E-state index contributed by atoms with van der Waals surface area (Å²) in [5.74, 6) is -0.606. The Bertz CT molecular complexity index is 426. The Labute approximate surface area is 125 Å². The maximum atomic E-state index is 11.7. The van der Waals surface area contributed by atoms with Crippen LogP contribution in [0.4, 0.5) is 0 Å². The molecular weight excluding hydrogens is 290 g/mol. The van der Waals surface area contributed by atoms with Crippen LogP contribution in [0.15, 0.2) is 11.3 Å². The standard InChI is InChI=1S/C10H15N3O2.C2H10OSi2/c1-5-3-13-4-6(2)12-10(15)8(13)7(5)9(11)14;1-5(2)3-4/h5-6H,3-4H2,1-2H3,(H2,11,14)(H,12,15);5H,1-2,4H3. The Balaban J connectivity index is 0.000000347. The SMILES string of the molecule is CC1CN2CC(C)C(C(N)=O)=C2C(=O)N1.C[SiH](C)O[SiH3]. The number of nitrogens with zero attached hydrogens (tertiary/aromatic N) is 1. The van der Waals surface area contributed by atoms with Gasteiger partial charge in [0, 0.05) is 25.0 Å². The molecule has 114 valence electrons. The molecule has 20 heavy (non-hydrogen) atoms. The van der Waals surface area contributed by atoms with Crippen molar-refractivity contribution in [3.05, 3.63) is 11.3 Å². The van der Waals surface area contributed by atoms with Crippen LogP contribution in [0.1, 0.15) is 13.8 Å². The average Bonchev–Trinajstić information content (AvgIpc) is 2.66. The van der Waals surface area contributed by atoms with Crippen molar-refractivity contribution < 1.29 is 13.7 Å². The average molecular weight is 316 g/mol. The lowest BCUT2D eigenvalue weighted by Gasteiger charge is -2.31. The number of fused-ring (bicyclic) bond motifs is 1. The molecule has 0 aromatic rings. The zero-order valence-electron chi connectivity index (χ0n) is 12.9. The first-order valence-corrected chi connectivity index (χ1v) is 10.5. The molecule has 0 radical (unpaired) electrons. The molecule has 0 spiro atoms. The Morgan fingerprint density at radius 3 is 2.45 bits per heavy atom. The number of rotatable bonds is 2. The van der Waals surface area contributed by atoms with E-state index in [1.807, 2.05) is 18.7 Å². The van der Waals surface area contributed by atoms with Gasteiger partial charge in [-0.05, 0) is 20.0 Å². The molecule has 2 rings (SSSR count). The van der Waals surface area contributed by atoms with Gasteiger partial charge in [-0.15, -0.1) is 0 Å². The second kappa shape index (κ2) is 7.05. The molecule has 8 heteroatoms. The van der Waals surface area contributed by atoms with Crippen LogP contribution in [0.2, 0.25) is 13.1 Å². The van der Waals surface area contributed by atoms with Gasteiger partial charge < -0.3 is 20.1 Å². The molecule has 2 amide bonds. The van der Waals surface area contributed by atoms with Crippen LogP contribution in [0.25, 0.3) is 0 Å². The molecule has 2 aliphatic heterocycles. The molecule has 0 aliphatic carbocycles. The Kier molecular flexibility index (Phi) is 5.96. The van der Waals surface area contributed by atoms with E-state index in [1.54, 1.807) is 0 Å². The van der Waals surface area contributed by atoms with E-state index in [1.165, 1.54) is 0 Å². The Hall–Kier alpha value is -1.13. The van der Waals surface area contributed by atoms with E-state index in [0.29, 0.717) is 17.8 Å². The van der Waals surface area contributed by atoms with Crippen molar-refractivity contribution in [2.45, 2.75) is 33.0 Å². The van der Waals surface area contributed by atoms with Crippen LogP contribution >= 0.6 is 0 Å². The van der Waals surface area contributed by atoms with E-state index in [-0.39, 0.29) is 17.9 Å². The quantitative estimate of drug-likeness (QED) is 0.605. The predicted molar refractivity (Wildman–Crippen MR) is 84.5 cm³/mol. The summed E-state index contributed by atoms with van der Waals surface area (Å²) >= 11 is 0. The highest BCUT2D eigenvalue weighted by molar-refractivity contribution is 6.52. The molecule has 2 aliphatic rings. The van der Waals surface area contributed by atoms with Crippen LogP contribution < -0.4 is 11.1 Å². The summed E-state index contributed by atoms with van der Waals surface area (Å²) in [6.45, 7) is 9.68. The van der Waals surface area contributed by atoms with Crippen molar-refractivity contribution >= 4 is 31.3 Å². The fourth-order valence-electron chi connectivity index (χ4n) is 2.38. The number of primary amides is 1. The van der Waals surface area contributed by atoms with Crippen LogP contribution in [-0.2, 0) is 13.7 Å². The maximum absolute atomic E-state index is 11.7. The molecule has 0 aromatic heterocycles. The maximum Gasteiger partial charge on any atom is 0.268 e. The van der Waals surface area contributed by atoms with Gasteiger partial charge in [-0.25, -0.2) is 0 Å². The largest absolute Gasteiger partial charge is 0.466 e. The van der Waals surface area contributed by atoms with Gasteiger partial charge in [-0.1, -0.05) is 6.92 Å². The van der Waals surface area contributed by atoms with Crippen LogP contribution in [0, 0.1) is 5.92 Å². The summed E-state index contributed by atoms with van der Waals surface area (Å²) < 4.78 is 5.03. The number of nitrogens with two attached hydrogens (primary N) is 1. The number of amides is 2. The number of piperazine rings is 1. The van der Waals surface area contributed by atoms with Crippen molar-refractivity contribution in [2.24, 2.45) is 11.7 Å². The molecule has 2 heterocycles. The van der Waals surface area contributed by atoms with Crippen LogP contribution in [0.3, 0.4) is 0 Å². The van der Waals surface area contributed by atoms with Crippen molar-refractivity contribution in [1.29, 1.82) is 0 Å². The third-order valence-electron chi connectivity index (χ3n) is 3.38. The van der Waals surface area contributed by atoms with E-state index < -0.39 is 14.9 Å². The molecule has 0 aromatic carbocycles. The second-order valence-electron chi connectivity index (χ2n) is 5.59. The van der Waals surface area contributed by atoms with Gasteiger partial charge in [0.05, 0.1) is 5.57 Å². The first-order chi connectivity index (χ1) is 9.27. The van der Waals surface area contributed by atoms with Crippen molar-refractivity contribution in [1.82, 2.24) is 10.2 Å². The van der Waals surface area contributed by atoms with Crippen molar-refractivity contribution in [3.63, 3.8) is 0 Å². The minimum Gasteiger partial charge on any atom is -0.466 e. The molecule has 6 nitrogen and oxygen atoms in total. The lowest BCUT2D eigenvalue weighted by Crippen LogP contribution is -2.50. The predicted octanol–water partition coefficient (Wildman–Crippen LogP) is -1.54. The number of nitrogens with one attached hydrogen (secondary N) is 1. The molecule has 1 saturated heterocycles. The van der Waals surface area contributed by atoms with E-state index in [9.17, 15) is 9.59 Å². The highest BCUT2D eigenvalue weighted by atomic mass is 28.3. The van der Waals surface area contributed by atoms with E-state index in [0.717, 1.165) is 17.0 Å². The molecule has 3 N–H and O–H groups in total. The fourth-order valence-corrected chi connectivity index (χ4v) is 2.38. The summed E-state index contributed by atoms with van der Waals surface area (Å²) in [6.07, 6.45) is 0. The van der Waals surface area contributed by atoms with Gasteiger partial charge in [-0.3, -0.25) is 9.59 Å².